The van der Waals surface area contributed by atoms with Gasteiger partial charge in [-0.15, -0.1) is 6.58 Å². The molecule has 138 valence electrons. The van der Waals surface area contributed by atoms with Crippen LogP contribution in [0, 0.1) is 0 Å². The third-order valence-electron chi connectivity index (χ3n) is 4.00. The van der Waals surface area contributed by atoms with E-state index in [1.165, 1.54) is 18.2 Å². The zero-order chi connectivity index (χ0) is 19.6. The number of rotatable bonds is 5. The summed E-state index contributed by atoms with van der Waals surface area (Å²) >= 11 is 0. The van der Waals surface area contributed by atoms with Crippen LogP contribution in [0.3, 0.4) is 0 Å². The molecule has 27 heavy (non-hydrogen) atoms. The zero-order valence-electron chi connectivity index (χ0n) is 14.1. The molecule has 0 radical (unpaired) electrons. The van der Waals surface area contributed by atoms with Gasteiger partial charge in [0.15, 0.2) is 0 Å². The molecule has 0 bridgehead atoms. The molecule has 1 aliphatic rings. The van der Waals surface area contributed by atoms with Gasteiger partial charge in [-0.25, -0.2) is 0 Å². The van der Waals surface area contributed by atoms with Crippen molar-refractivity contribution in [3.8, 4) is 0 Å². The molecule has 0 spiro atoms. The van der Waals surface area contributed by atoms with Crippen LogP contribution >= 0.6 is 0 Å². The van der Waals surface area contributed by atoms with E-state index in [1.54, 1.807) is 30.3 Å². The molecule has 0 unspecified atom stereocenters. The SMILES string of the molecule is C=CCN1C(=O)C(Nc2cccc(C(F)(F)F)c2)=C(c2ccccc2)C1=O. The van der Waals surface area contributed by atoms with Gasteiger partial charge in [0.05, 0.1) is 11.1 Å². The summed E-state index contributed by atoms with van der Waals surface area (Å²) in [5.41, 5.74) is -0.243. The number of amides is 2. The van der Waals surface area contributed by atoms with Crippen LogP contribution in [0.4, 0.5) is 18.9 Å². The van der Waals surface area contributed by atoms with Gasteiger partial charge in [-0.1, -0.05) is 42.5 Å². The Hall–Kier alpha value is -3.35. The van der Waals surface area contributed by atoms with Crippen LogP contribution in [-0.2, 0) is 15.8 Å². The Kier molecular flexibility index (Phi) is 4.85. The third kappa shape index (κ3) is 3.62. The Bertz CT molecular complexity index is 934. The first kappa shape index (κ1) is 18.4. The van der Waals surface area contributed by atoms with Crippen LogP contribution in [-0.4, -0.2) is 23.3 Å². The maximum absolute atomic E-state index is 12.9. The standard InChI is InChI=1S/C20H15F3N2O2/c1-2-11-25-18(26)16(13-7-4-3-5-8-13)17(19(25)27)24-15-10-6-9-14(12-15)20(21,22)23/h2-10,12,24H,1,11H2. The zero-order valence-corrected chi connectivity index (χ0v) is 14.1. The van der Waals surface area contributed by atoms with Gasteiger partial charge >= 0.3 is 6.18 Å². The van der Waals surface area contributed by atoms with Crippen molar-refractivity contribution in [3.63, 3.8) is 0 Å². The number of nitrogens with one attached hydrogen (secondary N) is 1. The Labute approximate surface area is 153 Å². The Balaban J connectivity index is 2.06. The Morgan fingerprint density at radius 1 is 1.00 bits per heavy atom. The second kappa shape index (κ2) is 7.11. The lowest BCUT2D eigenvalue weighted by Gasteiger charge is -2.13. The van der Waals surface area contributed by atoms with Crippen molar-refractivity contribution in [1.29, 1.82) is 0 Å². The number of hydrogen-bond donors (Lipinski definition) is 1. The molecule has 1 aliphatic heterocycles. The first-order valence-corrected chi connectivity index (χ1v) is 8.04. The molecule has 1 N–H and O–H groups in total. The van der Waals surface area contributed by atoms with E-state index in [-0.39, 0.29) is 23.5 Å². The van der Waals surface area contributed by atoms with Gasteiger partial charge in [0.25, 0.3) is 11.8 Å². The molecule has 0 atom stereocenters. The fraction of sp³-hybridized carbons (Fsp3) is 0.100. The maximum Gasteiger partial charge on any atom is 0.416 e. The summed E-state index contributed by atoms with van der Waals surface area (Å²) in [5, 5.41) is 2.70. The van der Waals surface area contributed by atoms with Crippen molar-refractivity contribution < 1.29 is 22.8 Å². The van der Waals surface area contributed by atoms with Crippen LogP contribution < -0.4 is 5.32 Å². The van der Waals surface area contributed by atoms with E-state index in [4.69, 9.17) is 0 Å². The molecule has 4 nitrogen and oxygen atoms in total. The van der Waals surface area contributed by atoms with Crippen LogP contribution in [0.2, 0.25) is 0 Å². The minimum absolute atomic E-state index is 0.00176. The molecule has 1 heterocycles. The highest BCUT2D eigenvalue weighted by Crippen LogP contribution is 2.33. The van der Waals surface area contributed by atoms with Gasteiger partial charge in [-0.3, -0.25) is 14.5 Å². The van der Waals surface area contributed by atoms with Crippen molar-refractivity contribution >= 4 is 23.1 Å². The molecule has 3 rings (SSSR count). The van der Waals surface area contributed by atoms with Crippen molar-refractivity contribution in [2.45, 2.75) is 6.18 Å². The average molecular weight is 372 g/mol. The summed E-state index contributed by atoms with van der Waals surface area (Å²) in [6.07, 6.45) is -3.11. The molecular formula is C20H15F3N2O2. The fourth-order valence-electron chi connectivity index (χ4n) is 2.78. The number of alkyl halides is 3. The number of benzene rings is 2. The summed E-state index contributed by atoms with van der Waals surface area (Å²) in [6.45, 7) is 3.53. The predicted molar refractivity (Wildman–Crippen MR) is 95.3 cm³/mol. The van der Waals surface area contributed by atoms with Gasteiger partial charge in [0.2, 0.25) is 0 Å². The summed E-state index contributed by atoms with van der Waals surface area (Å²) in [6, 6.07) is 12.9. The number of halogens is 3. The van der Waals surface area contributed by atoms with Crippen LogP contribution in [0.5, 0.6) is 0 Å². The van der Waals surface area contributed by atoms with E-state index in [2.05, 4.69) is 11.9 Å². The van der Waals surface area contributed by atoms with Crippen molar-refractivity contribution in [2.75, 3.05) is 11.9 Å². The summed E-state index contributed by atoms with van der Waals surface area (Å²) in [4.78, 5) is 26.4. The first-order chi connectivity index (χ1) is 12.8. The monoisotopic (exact) mass is 372 g/mol. The molecule has 2 aromatic carbocycles. The number of carbonyl (C=O) groups is 2. The highest BCUT2D eigenvalue weighted by Gasteiger charge is 2.38. The number of nitrogens with zero attached hydrogens (tertiary/aromatic N) is 1. The molecule has 2 aromatic rings. The smallest absolute Gasteiger partial charge is 0.350 e. The number of carbonyl (C=O) groups excluding carboxylic acids is 2. The molecular weight excluding hydrogens is 357 g/mol. The summed E-state index contributed by atoms with van der Waals surface area (Å²) < 4.78 is 38.8. The van der Waals surface area contributed by atoms with Crippen LogP contribution in [0.15, 0.2) is 72.9 Å². The Morgan fingerprint density at radius 3 is 2.33 bits per heavy atom. The minimum Gasteiger partial charge on any atom is -0.350 e. The third-order valence-corrected chi connectivity index (χ3v) is 4.00. The molecule has 0 fully saturated rings. The average Bonchev–Trinajstić information content (AvgIpc) is 2.87. The summed E-state index contributed by atoms with van der Waals surface area (Å²) in [7, 11) is 0. The lowest BCUT2D eigenvalue weighted by Crippen LogP contribution is -2.32. The molecule has 0 saturated carbocycles. The van der Waals surface area contributed by atoms with E-state index < -0.39 is 23.6 Å². The van der Waals surface area contributed by atoms with E-state index in [1.807, 2.05) is 0 Å². The number of imide groups is 1. The van der Waals surface area contributed by atoms with E-state index >= 15 is 0 Å². The van der Waals surface area contributed by atoms with E-state index in [0.717, 1.165) is 17.0 Å². The topological polar surface area (TPSA) is 49.4 Å². The van der Waals surface area contributed by atoms with Gasteiger partial charge in [0, 0.05) is 12.2 Å². The van der Waals surface area contributed by atoms with E-state index in [0.29, 0.717) is 5.56 Å². The lowest BCUT2D eigenvalue weighted by molar-refractivity contribution is -0.138. The quantitative estimate of drug-likeness (QED) is 0.636. The van der Waals surface area contributed by atoms with Gasteiger partial charge in [0.1, 0.15) is 5.70 Å². The second-order valence-electron chi connectivity index (χ2n) is 5.83. The lowest BCUT2D eigenvalue weighted by atomic mass is 10.0. The van der Waals surface area contributed by atoms with E-state index in [9.17, 15) is 22.8 Å². The maximum atomic E-state index is 12.9. The van der Waals surface area contributed by atoms with Gasteiger partial charge < -0.3 is 5.32 Å². The molecule has 7 heteroatoms. The van der Waals surface area contributed by atoms with Crippen LogP contribution in [0.1, 0.15) is 11.1 Å². The highest BCUT2D eigenvalue weighted by atomic mass is 19.4. The van der Waals surface area contributed by atoms with Crippen molar-refractivity contribution in [1.82, 2.24) is 4.90 Å². The fourth-order valence-corrected chi connectivity index (χ4v) is 2.78. The van der Waals surface area contributed by atoms with Gasteiger partial charge in [-0.05, 0) is 23.8 Å². The minimum atomic E-state index is -4.52. The summed E-state index contributed by atoms with van der Waals surface area (Å²) in [5.74, 6) is -1.14. The predicted octanol–water partition coefficient (Wildman–Crippen LogP) is 4.08. The van der Waals surface area contributed by atoms with Crippen molar-refractivity contribution in [2.24, 2.45) is 0 Å². The van der Waals surface area contributed by atoms with Gasteiger partial charge in [-0.2, -0.15) is 13.2 Å². The number of hydrogen-bond acceptors (Lipinski definition) is 3. The largest absolute Gasteiger partial charge is 0.416 e. The molecule has 0 saturated heterocycles. The normalized spacial score (nSPS) is 14.7. The first-order valence-electron chi connectivity index (χ1n) is 8.04. The number of anilines is 1. The molecule has 0 aliphatic carbocycles. The highest BCUT2D eigenvalue weighted by molar-refractivity contribution is 6.36. The molecule has 0 aromatic heterocycles. The van der Waals surface area contributed by atoms with Crippen molar-refractivity contribution in [3.05, 3.63) is 84.1 Å². The van der Waals surface area contributed by atoms with Crippen LogP contribution in [0.25, 0.3) is 5.57 Å². The Morgan fingerprint density at radius 2 is 1.70 bits per heavy atom. The second-order valence-corrected chi connectivity index (χ2v) is 5.83. The molecule has 2 amide bonds.